The number of rotatable bonds is 3. The van der Waals surface area contributed by atoms with Gasteiger partial charge >= 0.3 is 0 Å². The maximum atomic E-state index is 10.8. The van der Waals surface area contributed by atoms with Gasteiger partial charge in [0.25, 0.3) is 21.1 Å². The van der Waals surface area contributed by atoms with Crippen LogP contribution >= 0.6 is 0 Å². The maximum absolute atomic E-state index is 10.8. The Morgan fingerprint density at radius 1 is 1.67 bits per heavy atom. The Hall–Kier alpha value is -1.48. The Morgan fingerprint density at radius 2 is 2.33 bits per heavy atom. The van der Waals surface area contributed by atoms with Crippen LogP contribution in [0.5, 0.6) is 0 Å². The first-order valence-corrected chi connectivity index (χ1v) is 5.61. The summed E-state index contributed by atoms with van der Waals surface area (Å²) in [4.78, 5) is 7.36. The molecule has 0 aliphatic heterocycles. The van der Waals surface area contributed by atoms with E-state index in [9.17, 15) is 8.42 Å². The smallest absolute Gasteiger partial charge is 0.273 e. The third kappa shape index (κ3) is 3.29. The summed E-state index contributed by atoms with van der Waals surface area (Å²) in [6.07, 6.45) is 0. The molecule has 0 aliphatic rings. The third-order valence-corrected chi connectivity index (χ3v) is 2.05. The first kappa shape index (κ1) is 11.6. The topological polar surface area (TPSA) is 123 Å². The first-order valence-electron chi connectivity index (χ1n) is 4.06. The molecule has 8 nitrogen and oxygen atoms in total. The molecule has 15 heavy (non-hydrogen) atoms. The molecule has 84 valence electrons. The largest absolute Gasteiger partial charge is 0.481 e. The molecule has 1 aromatic rings. The third-order valence-electron chi connectivity index (χ3n) is 1.33. The van der Waals surface area contributed by atoms with E-state index in [-0.39, 0.29) is 5.95 Å². The molecule has 0 aromatic carbocycles. The average molecular weight is 233 g/mol. The van der Waals surface area contributed by atoms with Crippen LogP contribution in [-0.2, 0) is 14.8 Å². The zero-order valence-electron chi connectivity index (χ0n) is 8.26. The monoisotopic (exact) mass is 233 g/mol. The van der Waals surface area contributed by atoms with E-state index in [4.69, 9.17) is 9.88 Å². The second kappa shape index (κ2) is 4.36. The number of H-pyrrole nitrogens is 1. The van der Waals surface area contributed by atoms with Crippen LogP contribution in [0.3, 0.4) is 0 Å². The Morgan fingerprint density at radius 3 is 2.80 bits per heavy atom. The van der Waals surface area contributed by atoms with Gasteiger partial charge in [-0.05, 0) is 6.92 Å². The Bertz CT molecular complexity index is 463. The number of hydrogen-bond donors (Lipinski definition) is 2. The van der Waals surface area contributed by atoms with Crippen LogP contribution in [0.25, 0.3) is 0 Å². The van der Waals surface area contributed by atoms with Crippen LogP contribution in [0.15, 0.2) is 10.1 Å². The molecule has 0 saturated carbocycles. The molecule has 1 heterocycles. The van der Waals surface area contributed by atoms with Crippen molar-refractivity contribution in [2.75, 3.05) is 6.61 Å². The fraction of sp³-hybridized carbons (Fsp3) is 0.500. The Balaban J connectivity index is 2.91. The number of nitrogens with one attached hydrogen (secondary N) is 1. The molecule has 0 atom stereocenters. The molecule has 0 bridgehead atoms. The Labute approximate surface area is 86.6 Å². The number of hydrogen-bond acceptors (Lipinski definition) is 6. The summed E-state index contributed by atoms with van der Waals surface area (Å²) >= 11 is 0. The highest BCUT2D eigenvalue weighted by atomic mass is 32.2. The summed E-state index contributed by atoms with van der Waals surface area (Å²) in [6, 6.07) is 0. The van der Waals surface area contributed by atoms with Gasteiger partial charge in [0, 0.05) is 6.92 Å². The lowest BCUT2D eigenvalue weighted by molar-refractivity contribution is 0.324. The van der Waals surface area contributed by atoms with Crippen molar-refractivity contribution in [2.45, 2.75) is 19.0 Å². The van der Waals surface area contributed by atoms with Gasteiger partial charge in [0.15, 0.2) is 5.90 Å². The second-order valence-electron chi connectivity index (χ2n) is 2.55. The van der Waals surface area contributed by atoms with E-state index in [1.165, 1.54) is 0 Å². The molecule has 0 saturated heterocycles. The molecule has 1 aromatic heterocycles. The highest BCUT2D eigenvalue weighted by Crippen LogP contribution is 2.06. The van der Waals surface area contributed by atoms with E-state index in [1.54, 1.807) is 13.8 Å². The number of sulfonamides is 1. The number of aliphatic imine (C=N–C) groups is 1. The standard InChI is InChI=1S/C6H11N5O3S/c1-3-14-4(2)8-5-9-6(11-10-5)15(7,12)13/h3H2,1-2H3,(H2,7,12,13)(H,9,10,11). The SMILES string of the molecule is CCOC(C)=Nc1n[nH]c(S(N)(=O)=O)n1. The number of ether oxygens (including phenoxy) is 1. The predicted molar refractivity (Wildman–Crippen MR) is 52.2 cm³/mol. The van der Waals surface area contributed by atoms with Gasteiger partial charge < -0.3 is 4.74 Å². The average Bonchev–Trinajstić information content (AvgIpc) is 2.52. The van der Waals surface area contributed by atoms with Crippen molar-refractivity contribution >= 4 is 21.9 Å². The molecule has 3 N–H and O–H groups in total. The van der Waals surface area contributed by atoms with Crippen LogP contribution in [0, 0.1) is 0 Å². The van der Waals surface area contributed by atoms with E-state index in [0.717, 1.165) is 0 Å². The van der Waals surface area contributed by atoms with Crippen molar-refractivity contribution in [3.05, 3.63) is 0 Å². The lowest BCUT2D eigenvalue weighted by Gasteiger charge is -1.97. The quantitative estimate of drug-likeness (QED) is 0.540. The summed E-state index contributed by atoms with van der Waals surface area (Å²) in [5.41, 5.74) is 0. The van der Waals surface area contributed by atoms with E-state index < -0.39 is 15.2 Å². The van der Waals surface area contributed by atoms with Crippen molar-refractivity contribution in [3.8, 4) is 0 Å². The Kier molecular flexibility index (Phi) is 3.37. The van der Waals surface area contributed by atoms with Crippen molar-refractivity contribution in [2.24, 2.45) is 10.1 Å². The zero-order valence-corrected chi connectivity index (χ0v) is 9.08. The van der Waals surface area contributed by atoms with Gasteiger partial charge in [-0.2, -0.15) is 9.98 Å². The number of nitrogens with two attached hydrogens (primary N) is 1. The summed E-state index contributed by atoms with van der Waals surface area (Å²) < 4.78 is 26.7. The minimum Gasteiger partial charge on any atom is -0.481 e. The fourth-order valence-electron chi connectivity index (χ4n) is 0.798. The van der Waals surface area contributed by atoms with Gasteiger partial charge in [0.1, 0.15) is 0 Å². The predicted octanol–water partition coefficient (Wildman–Crippen LogP) is -0.461. The molecular formula is C6H11N5O3S. The lowest BCUT2D eigenvalue weighted by Crippen LogP contribution is -2.13. The van der Waals surface area contributed by atoms with E-state index in [2.05, 4.69) is 20.2 Å². The van der Waals surface area contributed by atoms with Crippen LogP contribution in [0.4, 0.5) is 5.95 Å². The van der Waals surface area contributed by atoms with Gasteiger partial charge in [-0.25, -0.2) is 18.7 Å². The molecule has 0 fully saturated rings. The van der Waals surface area contributed by atoms with Crippen LogP contribution < -0.4 is 5.14 Å². The first-order chi connectivity index (χ1) is 6.93. The van der Waals surface area contributed by atoms with Crippen LogP contribution in [-0.4, -0.2) is 36.1 Å². The zero-order chi connectivity index (χ0) is 11.5. The second-order valence-corrected chi connectivity index (χ2v) is 4.03. The van der Waals surface area contributed by atoms with E-state index in [1.807, 2.05) is 0 Å². The lowest BCUT2D eigenvalue weighted by atomic mass is 10.7. The van der Waals surface area contributed by atoms with Gasteiger partial charge in [0.05, 0.1) is 6.61 Å². The number of primary sulfonamides is 1. The molecule has 0 radical (unpaired) electrons. The minimum absolute atomic E-state index is 0.0371. The fourth-order valence-corrected chi connectivity index (χ4v) is 1.18. The number of nitrogens with zero attached hydrogens (tertiary/aromatic N) is 3. The van der Waals surface area contributed by atoms with Crippen molar-refractivity contribution in [1.29, 1.82) is 0 Å². The van der Waals surface area contributed by atoms with Gasteiger partial charge in [-0.3, -0.25) is 0 Å². The highest BCUT2D eigenvalue weighted by molar-refractivity contribution is 7.89. The van der Waals surface area contributed by atoms with E-state index >= 15 is 0 Å². The molecule has 0 spiro atoms. The summed E-state index contributed by atoms with van der Waals surface area (Å²) in [5.74, 6) is 0.308. The molecule has 9 heteroatoms. The molecule has 0 aliphatic carbocycles. The van der Waals surface area contributed by atoms with Crippen molar-refractivity contribution < 1.29 is 13.2 Å². The van der Waals surface area contributed by atoms with Crippen molar-refractivity contribution in [1.82, 2.24) is 15.2 Å². The van der Waals surface area contributed by atoms with Gasteiger partial charge in [-0.15, -0.1) is 5.10 Å². The molecule has 0 amide bonds. The summed E-state index contributed by atoms with van der Waals surface area (Å²) in [6.45, 7) is 3.87. The summed E-state index contributed by atoms with van der Waals surface area (Å²) in [7, 11) is -3.87. The van der Waals surface area contributed by atoms with Crippen molar-refractivity contribution in [3.63, 3.8) is 0 Å². The van der Waals surface area contributed by atoms with Crippen LogP contribution in [0.2, 0.25) is 0 Å². The molecule has 1 rings (SSSR count). The summed E-state index contributed by atoms with van der Waals surface area (Å²) in [5, 5.41) is 10.1. The molecular weight excluding hydrogens is 222 g/mol. The van der Waals surface area contributed by atoms with Gasteiger partial charge in [-0.1, -0.05) is 0 Å². The maximum Gasteiger partial charge on any atom is 0.273 e. The number of aromatic amines is 1. The van der Waals surface area contributed by atoms with Gasteiger partial charge in [0.2, 0.25) is 0 Å². The molecule has 0 unspecified atom stereocenters. The normalized spacial score (nSPS) is 12.9. The van der Waals surface area contributed by atoms with E-state index in [0.29, 0.717) is 12.5 Å². The minimum atomic E-state index is -3.87. The van der Waals surface area contributed by atoms with Crippen LogP contribution in [0.1, 0.15) is 13.8 Å². The highest BCUT2D eigenvalue weighted by Gasteiger charge is 2.13. The number of aromatic nitrogens is 3.